The van der Waals surface area contributed by atoms with E-state index in [0.717, 1.165) is 11.1 Å². The van der Waals surface area contributed by atoms with Gasteiger partial charge in [0.15, 0.2) is 0 Å². The highest BCUT2D eigenvalue weighted by molar-refractivity contribution is 5.79. The second kappa shape index (κ2) is 9.72. The number of carbonyl (C=O) groups excluding carboxylic acids is 2. The summed E-state index contributed by atoms with van der Waals surface area (Å²) in [6.45, 7) is 0.490. The van der Waals surface area contributed by atoms with Crippen LogP contribution in [0.15, 0.2) is 72.8 Å². The van der Waals surface area contributed by atoms with Crippen LogP contribution in [-0.2, 0) is 19.1 Å². The van der Waals surface area contributed by atoms with Crippen LogP contribution >= 0.6 is 0 Å². The average Bonchev–Trinajstić information content (AvgIpc) is 2.72. The third-order valence-electron chi connectivity index (χ3n) is 4.66. The SMILES string of the molecule is O=C1OCCCOC(=O)C(c2ccccc2)C/C=C/CC1c1ccccc1. The zero-order valence-corrected chi connectivity index (χ0v) is 15.3. The number of cyclic esters (lactones) is 2. The summed E-state index contributed by atoms with van der Waals surface area (Å²) in [6, 6.07) is 19.3. The third-order valence-corrected chi connectivity index (χ3v) is 4.66. The van der Waals surface area contributed by atoms with Gasteiger partial charge in [-0.15, -0.1) is 0 Å². The van der Waals surface area contributed by atoms with E-state index < -0.39 is 0 Å². The Morgan fingerprint density at radius 2 is 1.04 bits per heavy atom. The Morgan fingerprint density at radius 1 is 0.630 bits per heavy atom. The van der Waals surface area contributed by atoms with Gasteiger partial charge in [0.2, 0.25) is 0 Å². The second-order valence-electron chi connectivity index (χ2n) is 6.56. The molecule has 0 radical (unpaired) electrons. The Bertz CT molecular complexity index is 702. The number of rotatable bonds is 2. The van der Waals surface area contributed by atoms with E-state index in [9.17, 15) is 9.59 Å². The summed E-state index contributed by atoms with van der Waals surface area (Å²) in [5, 5.41) is 0. The van der Waals surface area contributed by atoms with Crippen LogP contribution in [-0.4, -0.2) is 25.2 Å². The van der Waals surface area contributed by atoms with Crippen molar-refractivity contribution in [3.8, 4) is 0 Å². The van der Waals surface area contributed by atoms with Crippen LogP contribution in [0.5, 0.6) is 0 Å². The average molecular weight is 364 g/mol. The smallest absolute Gasteiger partial charge is 0.313 e. The molecule has 0 aliphatic carbocycles. The van der Waals surface area contributed by atoms with Gasteiger partial charge in [-0.3, -0.25) is 9.59 Å². The van der Waals surface area contributed by atoms with Crippen LogP contribution in [0.1, 0.15) is 42.2 Å². The van der Waals surface area contributed by atoms with Gasteiger partial charge in [0.25, 0.3) is 0 Å². The highest BCUT2D eigenvalue weighted by atomic mass is 16.5. The Balaban J connectivity index is 1.79. The normalized spacial score (nSPS) is 23.1. The zero-order chi connectivity index (χ0) is 18.9. The lowest BCUT2D eigenvalue weighted by atomic mass is 9.93. The predicted octanol–water partition coefficient (Wildman–Crippen LogP) is 4.38. The largest absolute Gasteiger partial charge is 0.465 e. The summed E-state index contributed by atoms with van der Waals surface area (Å²) in [7, 11) is 0. The number of ether oxygens (including phenoxy) is 2. The minimum absolute atomic E-state index is 0.240. The molecule has 2 atom stereocenters. The minimum Gasteiger partial charge on any atom is -0.465 e. The molecule has 0 bridgehead atoms. The first-order valence-corrected chi connectivity index (χ1v) is 9.34. The predicted molar refractivity (Wildman–Crippen MR) is 103 cm³/mol. The van der Waals surface area contributed by atoms with Gasteiger partial charge in [-0.1, -0.05) is 72.8 Å². The summed E-state index contributed by atoms with van der Waals surface area (Å²) in [4.78, 5) is 25.0. The lowest BCUT2D eigenvalue weighted by Gasteiger charge is -2.15. The van der Waals surface area contributed by atoms with E-state index in [0.29, 0.717) is 19.3 Å². The Morgan fingerprint density at radius 3 is 1.44 bits per heavy atom. The number of hydrogen-bond acceptors (Lipinski definition) is 4. The number of hydrogen-bond donors (Lipinski definition) is 0. The first-order chi connectivity index (χ1) is 13.3. The molecule has 1 heterocycles. The maximum Gasteiger partial charge on any atom is 0.313 e. The van der Waals surface area contributed by atoms with E-state index in [2.05, 4.69) is 0 Å². The van der Waals surface area contributed by atoms with Crippen molar-refractivity contribution in [1.29, 1.82) is 0 Å². The minimum atomic E-state index is -0.338. The quantitative estimate of drug-likeness (QED) is 0.586. The molecule has 0 saturated carbocycles. The molecule has 2 unspecified atom stereocenters. The summed E-state index contributed by atoms with van der Waals surface area (Å²) >= 11 is 0. The van der Waals surface area contributed by atoms with Crippen molar-refractivity contribution in [2.75, 3.05) is 13.2 Å². The molecule has 0 aromatic heterocycles. The van der Waals surface area contributed by atoms with Crippen molar-refractivity contribution in [3.05, 3.63) is 83.9 Å². The van der Waals surface area contributed by atoms with E-state index in [-0.39, 0.29) is 37.0 Å². The lowest BCUT2D eigenvalue weighted by Crippen LogP contribution is -2.18. The monoisotopic (exact) mass is 364 g/mol. The Kier molecular flexibility index (Phi) is 6.80. The van der Waals surface area contributed by atoms with Gasteiger partial charge >= 0.3 is 11.9 Å². The van der Waals surface area contributed by atoms with E-state index in [1.807, 2.05) is 72.8 Å². The molecular formula is C23H24O4. The van der Waals surface area contributed by atoms with Crippen molar-refractivity contribution >= 4 is 11.9 Å². The van der Waals surface area contributed by atoms with Crippen molar-refractivity contribution < 1.29 is 19.1 Å². The summed E-state index contributed by atoms with van der Waals surface area (Å²) in [5.41, 5.74) is 1.88. The Hall–Kier alpha value is -2.88. The molecule has 2 aromatic rings. The van der Waals surface area contributed by atoms with Crippen LogP contribution < -0.4 is 0 Å². The molecule has 4 nitrogen and oxygen atoms in total. The number of esters is 2. The molecule has 0 spiro atoms. The summed E-state index contributed by atoms with van der Waals surface area (Å²) < 4.78 is 10.8. The van der Waals surface area contributed by atoms with Crippen LogP contribution in [0, 0.1) is 0 Å². The van der Waals surface area contributed by atoms with Gasteiger partial charge in [0.05, 0.1) is 25.0 Å². The maximum atomic E-state index is 12.5. The topological polar surface area (TPSA) is 52.6 Å². The van der Waals surface area contributed by atoms with Crippen molar-refractivity contribution in [1.82, 2.24) is 0 Å². The number of allylic oxidation sites excluding steroid dienone is 2. The van der Waals surface area contributed by atoms with E-state index in [1.165, 1.54) is 0 Å². The van der Waals surface area contributed by atoms with Gasteiger partial charge < -0.3 is 9.47 Å². The molecule has 0 saturated heterocycles. The van der Waals surface area contributed by atoms with Crippen LogP contribution in [0.4, 0.5) is 0 Å². The maximum absolute atomic E-state index is 12.5. The molecule has 1 aliphatic rings. The third kappa shape index (κ3) is 5.30. The molecular weight excluding hydrogens is 340 g/mol. The second-order valence-corrected chi connectivity index (χ2v) is 6.56. The molecule has 0 fully saturated rings. The van der Waals surface area contributed by atoms with Crippen molar-refractivity contribution in [2.45, 2.75) is 31.1 Å². The summed E-state index contributed by atoms with van der Waals surface area (Å²) in [6.07, 6.45) is 5.49. The molecule has 140 valence electrons. The first kappa shape index (κ1) is 18.9. The van der Waals surface area contributed by atoms with Gasteiger partial charge in [-0.05, 0) is 24.0 Å². The van der Waals surface area contributed by atoms with E-state index in [4.69, 9.17) is 9.47 Å². The highest BCUT2D eigenvalue weighted by Crippen LogP contribution is 2.25. The fourth-order valence-corrected chi connectivity index (χ4v) is 3.18. The van der Waals surface area contributed by atoms with Gasteiger partial charge in [0.1, 0.15) is 0 Å². The van der Waals surface area contributed by atoms with Crippen LogP contribution in [0.2, 0.25) is 0 Å². The van der Waals surface area contributed by atoms with Gasteiger partial charge in [0, 0.05) is 6.42 Å². The molecule has 27 heavy (non-hydrogen) atoms. The van der Waals surface area contributed by atoms with E-state index in [1.54, 1.807) is 0 Å². The van der Waals surface area contributed by atoms with Gasteiger partial charge in [-0.2, -0.15) is 0 Å². The first-order valence-electron chi connectivity index (χ1n) is 9.34. The van der Waals surface area contributed by atoms with Crippen molar-refractivity contribution in [3.63, 3.8) is 0 Å². The number of carbonyl (C=O) groups is 2. The molecule has 0 amide bonds. The fraction of sp³-hybridized carbons (Fsp3) is 0.304. The van der Waals surface area contributed by atoms with Crippen molar-refractivity contribution in [2.24, 2.45) is 0 Å². The molecule has 4 heteroatoms. The fourth-order valence-electron chi connectivity index (χ4n) is 3.18. The van der Waals surface area contributed by atoms with Gasteiger partial charge in [-0.25, -0.2) is 0 Å². The van der Waals surface area contributed by atoms with Crippen LogP contribution in [0.25, 0.3) is 0 Å². The summed E-state index contributed by atoms with van der Waals surface area (Å²) in [5.74, 6) is -1.16. The van der Waals surface area contributed by atoms with E-state index >= 15 is 0 Å². The Labute approximate surface area is 159 Å². The lowest BCUT2D eigenvalue weighted by molar-refractivity contribution is -0.147. The molecule has 1 aliphatic heterocycles. The molecule has 0 N–H and O–H groups in total. The molecule has 3 rings (SSSR count). The zero-order valence-electron chi connectivity index (χ0n) is 15.3. The highest BCUT2D eigenvalue weighted by Gasteiger charge is 2.23. The standard InChI is InChI=1S/C23H24O4/c24-22-20(18-10-3-1-4-11-18)14-7-8-15-21(19-12-5-2-6-13-19)23(25)27-17-9-16-26-22/h1-8,10-13,20-21H,9,14-17H2/b8-7+. The number of benzene rings is 2. The van der Waals surface area contributed by atoms with Crippen LogP contribution in [0.3, 0.4) is 0 Å². The molecule has 2 aromatic carbocycles.